The van der Waals surface area contributed by atoms with E-state index < -0.39 is 6.72 Å². The van der Waals surface area contributed by atoms with Crippen molar-refractivity contribution in [2.24, 2.45) is 0 Å². The predicted octanol–water partition coefficient (Wildman–Crippen LogP) is 8.17. The highest BCUT2D eigenvalue weighted by atomic mass is 32.5. The molecular weight excluding hydrogens is 363 g/mol. The van der Waals surface area contributed by atoms with Gasteiger partial charge in [-0.15, -0.1) is 0 Å². The van der Waals surface area contributed by atoms with Crippen molar-refractivity contribution in [3.63, 3.8) is 0 Å². The third-order valence-electron chi connectivity index (χ3n) is 4.49. The molecule has 0 bridgehead atoms. The minimum absolute atomic E-state index is 0.673. The fourth-order valence-corrected chi connectivity index (χ4v) is 4.71. The van der Waals surface area contributed by atoms with Crippen LogP contribution in [0, 0.1) is 0 Å². The van der Waals surface area contributed by atoms with Crippen molar-refractivity contribution in [1.29, 1.82) is 0 Å². The van der Waals surface area contributed by atoms with Crippen LogP contribution in [0.15, 0.2) is 0 Å². The summed E-state index contributed by atoms with van der Waals surface area (Å²) in [5.41, 5.74) is 0. The smallest absolute Gasteiger partial charge is 0.309 e. The molecule has 0 spiro atoms. The average Bonchev–Trinajstić information content (AvgIpc) is 2.64. The predicted molar refractivity (Wildman–Crippen MR) is 118 cm³/mol. The zero-order valence-electron chi connectivity index (χ0n) is 17.8. The average molecular weight is 409 g/mol. The SMILES string of the molecule is CCCCCCCOP(=S)(OCCCCCCC)OCCCCCCC. The molecule has 0 atom stereocenters. The molecule has 0 saturated heterocycles. The Kier molecular flexibility index (Phi) is 20.7. The first kappa shape index (κ1) is 26.5. The molecule has 0 heterocycles. The van der Waals surface area contributed by atoms with Crippen LogP contribution in [-0.2, 0) is 25.4 Å². The molecule has 0 aromatic rings. The molecule has 0 unspecified atom stereocenters. The lowest BCUT2D eigenvalue weighted by molar-refractivity contribution is 0.150. The Morgan fingerprint density at radius 3 is 1.00 bits per heavy atom. The molecule has 0 aliphatic rings. The lowest BCUT2D eigenvalue weighted by Crippen LogP contribution is -2.04. The highest BCUT2D eigenvalue weighted by Crippen LogP contribution is 2.50. The summed E-state index contributed by atoms with van der Waals surface area (Å²) in [5.74, 6) is 0. The van der Waals surface area contributed by atoms with Gasteiger partial charge in [0.1, 0.15) is 0 Å². The molecule has 0 rings (SSSR count). The molecule has 5 heteroatoms. The lowest BCUT2D eigenvalue weighted by Gasteiger charge is -2.22. The monoisotopic (exact) mass is 408 g/mol. The van der Waals surface area contributed by atoms with Gasteiger partial charge in [-0.25, -0.2) is 0 Å². The first-order valence-electron chi connectivity index (χ1n) is 11.2. The Labute approximate surface area is 169 Å². The van der Waals surface area contributed by atoms with Crippen molar-refractivity contribution < 1.29 is 13.6 Å². The van der Waals surface area contributed by atoms with Crippen LogP contribution in [0.25, 0.3) is 0 Å². The number of hydrogen-bond donors (Lipinski definition) is 0. The van der Waals surface area contributed by atoms with Gasteiger partial charge >= 0.3 is 6.72 Å². The van der Waals surface area contributed by atoms with Crippen molar-refractivity contribution in [3.8, 4) is 0 Å². The van der Waals surface area contributed by atoms with Crippen LogP contribution in [0.1, 0.15) is 117 Å². The van der Waals surface area contributed by atoms with E-state index in [9.17, 15) is 0 Å². The molecule has 3 nitrogen and oxygen atoms in total. The van der Waals surface area contributed by atoms with E-state index in [1.54, 1.807) is 0 Å². The van der Waals surface area contributed by atoms with Crippen molar-refractivity contribution in [3.05, 3.63) is 0 Å². The van der Waals surface area contributed by atoms with Crippen molar-refractivity contribution in [2.75, 3.05) is 19.8 Å². The Hall–Kier alpha value is 0.530. The third-order valence-corrected chi connectivity index (χ3v) is 6.94. The van der Waals surface area contributed by atoms with Crippen molar-refractivity contribution >= 4 is 18.5 Å². The van der Waals surface area contributed by atoms with Crippen LogP contribution in [0.4, 0.5) is 0 Å². The van der Waals surface area contributed by atoms with E-state index in [1.165, 1.54) is 77.0 Å². The van der Waals surface area contributed by atoms with E-state index >= 15 is 0 Å². The van der Waals surface area contributed by atoms with Gasteiger partial charge in [-0.2, -0.15) is 0 Å². The Bertz CT molecular complexity index is 279. The normalized spacial score (nSPS) is 12.0. The lowest BCUT2D eigenvalue weighted by atomic mass is 10.2. The van der Waals surface area contributed by atoms with Crippen molar-refractivity contribution in [2.45, 2.75) is 117 Å². The second-order valence-corrected chi connectivity index (χ2v) is 10.2. The molecule has 0 aliphatic carbocycles. The van der Waals surface area contributed by atoms with Gasteiger partial charge in [-0.3, -0.25) is 0 Å². The first-order chi connectivity index (χ1) is 12.7. The molecule has 0 aromatic carbocycles. The fourth-order valence-electron chi connectivity index (χ4n) is 2.76. The second kappa shape index (κ2) is 20.3. The van der Waals surface area contributed by atoms with Crippen LogP contribution in [0.5, 0.6) is 0 Å². The molecule has 0 amide bonds. The Morgan fingerprint density at radius 2 is 0.731 bits per heavy atom. The number of unbranched alkanes of at least 4 members (excludes halogenated alkanes) is 12. The van der Waals surface area contributed by atoms with Gasteiger partial charge in [-0.05, 0) is 31.1 Å². The minimum Gasteiger partial charge on any atom is -0.309 e. The summed E-state index contributed by atoms with van der Waals surface area (Å²) in [6.07, 6.45) is 18.3. The summed E-state index contributed by atoms with van der Waals surface area (Å²) in [5, 5.41) is 0. The summed E-state index contributed by atoms with van der Waals surface area (Å²) < 4.78 is 17.8. The quantitative estimate of drug-likeness (QED) is 0.141. The summed E-state index contributed by atoms with van der Waals surface area (Å²) in [7, 11) is 0. The number of hydrogen-bond acceptors (Lipinski definition) is 4. The maximum Gasteiger partial charge on any atom is 0.327 e. The first-order valence-corrected chi connectivity index (χ1v) is 13.8. The summed E-state index contributed by atoms with van der Waals surface area (Å²) >= 11 is 5.65. The highest BCUT2D eigenvalue weighted by molar-refractivity contribution is 8.07. The van der Waals surface area contributed by atoms with Crippen molar-refractivity contribution in [1.82, 2.24) is 0 Å². The summed E-state index contributed by atoms with van der Waals surface area (Å²) in [6.45, 7) is 6.17. The van der Waals surface area contributed by atoms with E-state index in [-0.39, 0.29) is 0 Å². The fraction of sp³-hybridized carbons (Fsp3) is 1.00. The Morgan fingerprint density at radius 1 is 0.462 bits per heavy atom. The third kappa shape index (κ3) is 17.9. The van der Waals surface area contributed by atoms with Crippen LogP contribution in [-0.4, -0.2) is 19.8 Å². The molecule has 0 saturated carbocycles. The summed E-state index contributed by atoms with van der Waals surface area (Å²) in [6, 6.07) is 0. The van der Waals surface area contributed by atoms with E-state index in [4.69, 9.17) is 25.4 Å². The Balaban J connectivity index is 4.04. The van der Waals surface area contributed by atoms with E-state index in [2.05, 4.69) is 20.8 Å². The molecule has 26 heavy (non-hydrogen) atoms. The van der Waals surface area contributed by atoms with Crippen LogP contribution in [0.2, 0.25) is 0 Å². The van der Waals surface area contributed by atoms with Crippen LogP contribution < -0.4 is 0 Å². The van der Waals surface area contributed by atoms with Gasteiger partial charge in [0.25, 0.3) is 0 Å². The van der Waals surface area contributed by atoms with Gasteiger partial charge in [0, 0.05) is 0 Å². The van der Waals surface area contributed by atoms with Crippen LogP contribution >= 0.6 is 6.72 Å². The van der Waals surface area contributed by atoms with E-state index in [0.29, 0.717) is 19.8 Å². The van der Waals surface area contributed by atoms with Gasteiger partial charge in [0.15, 0.2) is 0 Å². The zero-order chi connectivity index (χ0) is 19.3. The summed E-state index contributed by atoms with van der Waals surface area (Å²) in [4.78, 5) is 0. The standard InChI is InChI=1S/C21H45O3PS/c1-4-7-10-13-16-19-22-25(26,23-20-17-14-11-8-5-2)24-21-18-15-12-9-6-3/h4-21H2,1-3H3. The molecule has 0 radical (unpaired) electrons. The largest absolute Gasteiger partial charge is 0.327 e. The topological polar surface area (TPSA) is 27.7 Å². The molecule has 0 aromatic heterocycles. The molecule has 0 fully saturated rings. The maximum absolute atomic E-state index is 5.95. The zero-order valence-corrected chi connectivity index (χ0v) is 19.5. The van der Waals surface area contributed by atoms with E-state index in [0.717, 1.165) is 19.3 Å². The minimum atomic E-state index is -2.55. The van der Waals surface area contributed by atoms with Gasteiger partial charge in [-0.1, -0.05) is 97.8 Å². The number of rotatable bonds is 21. The maximum atomic E-state index is 5.95. The van der Waals surface area contributed by atoms with Gasteiger partial charge < -0.3 is 13.6 Å². The molecule has 0 aliphatic heterocycles. The highest BCUT2D eigenvalue weighted by Gasteiger charge is 2.20. The van der Waals surface area contributed by atoms with Crippen LogP contribution in [0.3, 0.4) is 0 Å². The van der Waals surface area contributed by atoms with Gasteiger partial charge in [0.2, 0.25) is 0 Å². The molecular formula is C21H45O3PS. The molecule has 158 valence electrons. The molecule has 0 N–H and O–H groups in total. The second-order valence-electron chi connectivity index (χ2n) is 7.19. The van der Waals surface area contributed by atoms with Gasteiger partial charge in [0.05, 0.1) is 19.8 Å². The van der Waals surface area contributed by atoms with E-state index in [1.807, 2.05) is 0 Å².